The fourth-order valence-electron chi connectivity index (χ4n) is 4.76. The van der Waals surface area contributed by atoms with Crippen LogP contribution >= 0.6 is 0 Å². The standard InChI is InChI=1S/C33H31NO5/c1-2-24(25-14-8-4-9-15-25)20-28-21-29(35)30(32(36)39-28)31(26-16-10-5-11-17-26)34(27-18-19-27)33(37)38-22-23-12-6-3-7-13-23/h3-17,20-21,27,31,35H,2,18-19,22H2,1H3. The van der Waals surface area contributed by atoms with Crippen LogP contribution < -0.4 is 5.63 Å². The molecule has 1 aromatic heterocycles. The van der Waals surface area contributed by atoms with Crippen molar-refractivity contribution in [2.24, 2.45) is 0 Å². The highest BCUT2D eigenvalue weighted by atomic mass is 16.6. The summed E-state index contributed by atoms with van der Waals surface area (Å²) in [5, 5.41) is 11.2. The Balaban J connectivity index is 1.53. The molecule has 1 unspecified atom stereocenters. The van der Waals surface area contributed by atoms with Crippen molar-refractivity contribution in [2.75, 3.05) is 0 Å². The lowest BCUT2D eigenvalue weighted by molar-refractivity contribution is 0.0820. The van der Waals surface area contributed by atoms with E-state index in [1.807, 2.05) is 97.9 Å². The summed E-state index contributed by atoms with van der Waals surface area (Å²) in [5.41, 5.74) is 2.84. The van der Waals surface area contributed by atoms with E-state index < -0.39 is 17.8 Å². The largest absolute Gasteiger partial charge is 0.507 e. The summed E-state index contributed by atoms with van der Waals surface area (Å²) in [6.45, 7) is 2.12. The minimum Gasteiger partial charge on any atom is -0.507 e. The third kappa shape index (κ3) is 6.12. The summed E-state index contributed by atoms with van der Waals surface area (Å²) in [5.74, 6) is 0.0229. The average Bonchev–Trinajstić information content (AvgIpc) is 3.80. The maximum Gasteiger partial charge on any atom is 0.411 e. The molecule has 0 bridgehead atoms. The number of benzene rings is 3. The van der Waals surface area contributed by atoms with Gasteiger partial charge in [0.1, 0.15) is 23.7 Å². The van der Waals surface area contributed by atoms with Gasteiger partial charge in [-0.15, -0.1) is 0 Å². The van der Waals surface area contributed by atoms with E-state index in [1.54, 1.807) is 11.0 Å². The first-order valence-corrected chi connectivity index (χ1v) is 13.2. The maximum atomic E-state index is 13.5. The molecule has 1 aliphatic carbocycles. The van der Waals surface area contributed by atoms with Gasteiger partial charge >= 0.3 is 11.7 Å². The van der Waals surface area contributed by atoms with Gasteiger partial charge in [0.2, 0.25) is 0 Å². The number of hydrogen-bond acceptors (Lipinski definition) is 5. The molecule has 6 nitrogen and oxygen atoms in total. The molecule has 3 aromatic carbocycles. The van der Waals surface area contributed by atoms with Crippen LogP contribution in [0.4, 0.5) is 4.79 Å². The van der Waals surface area contributed by atoms with Crippen molar-refractivity contribution in [3.63, 3.8) is 0 Å². The second-order valence-corrected chi connectivity index (χ2v) is 9.62. The zero-order chi connectivity index (χ0) is 27.2. The summed E-state index contributed by atoms with van der Waals surface area (Å²) in [6, 6.07) is 28.9. The fraction of sp³-hybridized carbons (Fsp3) is 0.212. The van der Waals surface area contributed by atoms with Crippen LogP contribution in [0.5, 0.6) is 5.75 Å². The van der Waals surface area contributed by atoms with Gasteiger partial charge in [0.15, 0.2) is 0 Å². The van der Waals surface area contributed by atoms with Gasteiger partial charge < -0.3 is 14.3 Å². The lowest BCUT2D eigenvalue weighted by atomic mass is 9.97. The van der Waals surface area contributed by atoms with Crippen LogP contribution in [-0.4, -0.2) is 22.1 Å². The molecule has 6 heteroatoms. The number of nitrogens with zero attached hydrogens (tertiary/aromatic N) is 1. The minimum atomic E-state index is -0.865. The zero-order valence-electron chi connectivity index (χ0n) is 21.8. The molecule has 198 valence electrons. The molecule has 1 aliphatic rings. The molecule has 1 fully saturated rings. The van der Waals surface area contributed by atoms with Gasteiger partial charge in [0.25, 0.3) is 0 Å². The van der Waals surface area contributed by atoms with Crippen LogP contribution in [0.1, 0.15) is 60.2 Å². The number of carbonyl (C=O) groups is 1. The topological polar surface area (TPSA) is 80.0 Å². The summed E-state index contributed by atoms with van der Waals surface area (Å²) < 4.78 is 11.4. The Hall–Kier alpha value is -4.58. The number of rotatable bonds is 9. The lowest BCUT2D eigenvalue weighted by Gasteiger charge is -2.31. The molecule has 1 heterocycles. The SMILES string of the molecule is CCC(=Cc1cc(O)c(C(c2ccccc2)N(C(=O)OCc2ccccc2)C2CC2)c(=O)o1)c1ccccc1. The van der Waals surface area contributed by atoms with Gasteiger partial charge in [-0.2, -0.15) is 0 Å². The van der Waals surface area contributed by atoms with Crippen molar-refractivity contribution in [3.05, 3.63) is 135 Å². The van der Waals surface area contributed by atoms with Crippen LogP contribution in [0.25, 0.3) is 11.6 Å². The molecule has 0 spiro atoms. The molecule has 0 aliphatic heterocycles. The average molecular weight is 522 g/mol. The predicted molar refractivity (Wildman–Crippen MR) is 151 cm³/mol. The lowest BCUT2D eigenvalue weighted by Crippen LogP contribution is -2.39. The number of carbonyl (C=O) groups excluding carboxylic acids is 1. The van der Waals surface area contributed by atoms with Gasteiger partial charge in [-0.1, -0.05) is 97.9 Å². The molecule has 1 N–H and O–H groups in total. The minimum absolute atomic E-state index is 0.0136. The fourth-order valence-corrected chi connectivity index (χ4v) is 4.76. The number of allylic oxidation sites excluding steroid dienone is 1. The summed E-state index contributed by atoms with van der Waals surface area (Å²) in [7, 11) is 0. The van der Waals surface area contributed by atoms with Crippen LogP contribution in [0.3, 0.4) is 0 Å². The number of hydrogen-bond donors (Lipinski definition) is 1. The smallest absolute Gasteiger partial charge is 0.411 e. The first-order chi connectivity index (χ1) is 19.0. The Morgan fingerprint density at radius 2 is 1.62 bits per heavy atom. The van der Waals surface area contributed by atoms with Gasteiger partial charge in [0.05, 0.1) is 6.04 Å². The van der Waals surface area contributed by atoms with E-state index in [9.17, 15) is 14.7 Å². The van der Waals surface area contributed by atoms with Crippen molar-refractivity contribution in [1.82, 2.24) is 4.90 Å². The summed E-state index contributed by atoms with van der Waals surface area (Å²) >= 11 is 0. The Bertz CT molecular complexity index is 1490. The normalized spacial score (nSPS) is 14.0. The van der Waals surface area contributed by atoms with Crippen molar-refractivity contribution < 1.29 is 19.1 Å². The quantitative estimate of drug-likeness (QED) is 0.252. The second-order valence-electron chi connectivity index (χ2n) is 9.62. The van der Waals surface area contributed by atoms with Gasteiger partial charge in [-0.05, 0) is 47.6 Å². The van der Waals surface area contributed by atoms with Crippen LogP contribution in [-0.2, 0) is 11.3 Å². The van der Waals surface area contributed by atoms with Gasteiger partial charge in [-0.25, -0.2) is 9.59 Å². The van der Waals surface area contributed by atoms with Crippen molar-refractivity contribution in [1.29, 1.82) is 0 Å². The van der Waals surface area contributed by atoms with Crippen molar-refractivity contribution in [2.45, 2.75) is 44.9 Å². The Morgan fingerprint density at radius 1 is 1.00 bits per heavy atom. The molecule has 39 heavy (non-hydrogen) atoms. The molecule has 0 saturated heterocycles. The maximum absolute atomic E-state index is 13.5. The molecule has 1 atom stereocenters. The van der Waals surface area contributed by atoms with E-state index >= 15 is 0 Å². The van der Waals surface area contributed by atoms with Gasteiger partial charge in [-0.3, -0.25) is 4.90 Å². The van der Waals surface area contributed by atoms with E-state index in [0.717, 1.165) is 29.5 Å². The molecule has 1 saturated carbocycles. The number of ether oxygens (including phenoxy) is 1. The second kappa shape index (κ2) is 11.9. The molecular formula is C33H31NO5. The van der Waals surface area contributed by atoms with Crippen molar-refractivity contribution >= 4 is 17.7 Å². The number of aromatic hydroxyl groups is 1. The van der Waals surface area contributed by atoms with Crippen LogP contribution in [0.15, 0.2) is 106 Å². The molecule has 1 amide bonds. The molecule has 4 aromatic rings. The highest BCUT2D eigenvalue weighted by Crippen LogP contribution is 2.40. The zero-order valence-corrected chi connectivity index (χ0v) is 21.8. The van der Waals surface area contributed by atoms with E-state index in [4.69, 9.17) is 9.15 Å². The first-order valence-electron chi connectivity index (χ1n) is 13.2. The van der Waals surface area contributed by atoms with Gasteiger partial charge in [0, 0.05) is 12.1 Å². The van der Waals surface area contributed by atoms with E-state index in [-0.39, 0.29) is 29.7 Å². The Kier molecular flexibility index (Phi) is 7.92. The number of amides is 1. The highest BCUT2D eigenvalue weighted by molar-refractivity contribution is 5.80. The molecule has 0 radical (unpaired) electrons. The predicted octanol–water partition coefficient (Wildman–Crippen LogP) is 7.19. The van der Waals surface area contributed by atoms with Crippen LogP contribution in [0, 0.1) is 0 Å². The van der Waals surface area contributed by atoms with Crippen molar-refractivity contribution in [3.8, 4) is 5.75 Å². The Labute approximate surface area is 227 Å². The monoisotopic (exact) mass is 521 g/mol. The van der Waals surface area contributed by atoms with E-state index in [0.29, 0.717) is 12.0 Å². The van der Waals surface area contributed by atoms with E-state index in [1.165, 1.54) is 6.07 Å². The molecular weight excluding hydrogens is 490 g/mol. The third-order valence-electron chi connectivity index (χ3n) is 6.85. The first kappa shape index (κ1) is 26.0. The molecule has 5 rings (SSSR count). The summed E-state index contributed by atoms with van der Waals surface area (Å²) in [4.78, 5) is 28.6. The van der Waals surface area contributed by atoms with Crippen LogP contribution in [0.2, 0.25) is 0 Å². The highest BCUT2D eigenvalue weighted by Gasteiger charge is 2.42. The summed E-state index contributed by atoms with van der Waals surface area (Å²) in [6.07, 6.45) is 3.51. The third-order valence-corrected chi connectivity index (χ3v) is 6.85. The Morgan fingerprint density at radius 3 is 2.21 bits per heavy atom. The van der Waals surface area contributed by atoms with E-state index in [2.05, 4.69) is 0 Å².